The molecule has 0 bridgehead atoms. The number of anilines is 3. The number of nitrogens with two attached hydrogens (primary N) is 1. The van der Waals surface area contributed by atoms with Crippen LogP contribution < -0.4 is 21.4 Å². The fourth-order valence-corrected chi connectivity index (χ4v) is 8.15. The molecule has 296 valence electrons. The number of halogens is 2. The molecule has 3 aromatic rings. The van der Waals surface area contributed by atoms with E-state index in [1.807, 2.05) is 36.4 Å². The standard InChI is InChI=1S/C40H47F2N9O5/c1-44-37-28(25-21-32(41)31(33(42)22-25)24-48-16-19-56-20-17-48)5-3-6-34(37)47(2)36-10-13-45-51(36)27-11-14-49(15-12-27)46-26-8-9-29-30(23-26)40(55)50(39(29)54)35(38(43)53)7-4-18-52/h3,5-6,8-9,13,18,21-23,27,35-36,44,46H,4,7,10-12,14-17,19-20,24H2,1-2H3,(H2,43,53). The molecule has 2 saturated heterocycles. The van der Waals surface area contributed by atoms with Gasteiger partial charge in [0.05, 0.1) is 41.8 Å². The highest BCUT2D eigenvalue weighted by atomic mass is 19.1. The van der Waals surface area contributed by atoms with Crippen molar-refractivity contribution in [2.75, 3.05) is 69.1 Å². The van der Waals surface area contributed by atoms with Gasteiger partial charge >= 0.3 is 0 Å². The largest absolute Gasteiger partial charge is 0.386 e. The second-order valence-corrected chi connectivity index (χ2v) is 14.5. The van der Waals surface area contributed by atoms with E-state index in [0.717, 1.165) is 29.1 Å². The summed E-state index contributed by atoms with van der Waals surface area (Å²) in [4.78, 5) is 54.4. The first kappa shape index (κ1) is 38.8. The number of carbonyl (C=O) groups is 4. The molecule has 0 spiro atoms. The number of hydrazone groups is 1. The first-order valence-electron chi connectivity index (χ1n) is 19.0. The molecule has 0 aliphatic carbocycles. The predicted molar refractivity (Wildman–Crippen MR) is 208 cm³/mol. The second-order valence-electron chi connectivity index (χ2n) is 14.5. The molecule has 0 radical (unpaired) electrons. The molecule has 3 amide bonds. The number of primary amides is 1. The SMILES string of the molecule is CNc1c(-c2cc(F)c(CN3CCOCC3)c(F)c2)cccc1N(C)C1CC=NN1C1CCN(Nc2ccc3c(c2)C(=O)N(C(CCC=O)C(N)=O)C3=O)CC1. The summed E-state index contributed by atoms with van der Waals surface area (Å²) in [5.41, 5.74) is 12.7. The molecule has 2 atom stereocenters. The molecule has 2 fully saturated rings. The number of rotatable bonds is 14. The van der Waals surface area contributed by atoms with Crippen LogP contribution >= 0.6 is 0 Å². The average molecular weight is 772 g/mol. The summed E-state index contributed by atoms with van der Waals surface area (Å²) in [5.74, 6) is -3.22. The minimum absolute atomic E-state index is 0.0101. The van der Waals surface area contributed by atoms with Crippen LogP contribution in [0.1, 0.15) is 58.4 Å². The van der Waals surface area contributed by atoms with E-state index in [9.17, 15) is 19.2 Å². The number of ether oxygens (including phenoxy) is 1. The third-order valence-corrected chi connectivity index (χ3v) is 11.1. The van der Waals surface area contributed by atoms with Crippen LogP contribution in [-0.2, 0) is 20.9 Å². The Morgan fingerprint density at radius 3 is 2.41 bits per heavy atom. The number of nitrogens with zero attached hydrogens (tertiary/aromatic N) is 6. The molecule has 14 nitrogen and oxygen atoms in total. The van der Waals surface area contributed by atoms with Gasteiger partial charge in [0.2, 0.25) is 5.91 Å². The second kappa shape index (κ2) is 16.7. The number of fused-ring (bicyclic) bond motifs is 1. The van der Waals surface area contributed by atoms with E-state index in [0.29, 0.717) is 68.9 Å². The maximum atomic E-state index is 15.5. The molecular formula is C40H47F2N9O5. The van der Waals surface area contributed by atoms with E-state index in [-0.39, 0.29) is 48.3 Å². The van der Waals surface area contributed by atoms with Crippen molar-refractivity contribution in [3.05, 3.63) is 76.9 Å². The number of nitrogens with one attached hydrogen (secondary N) is 2. The predicted octanol–water partition coefficient (Wildman–Crippen LogP) is 3.88. The van der Waals surface area contributed by atoms with Crippen LogP contribution in [0.25, 0.3) is 11.1 Å². The van der Waals surface area contributed by atoms with Crippen molar-refractivity contribution in [3.63, 3.8) is 0 Å². The molecule has 2 unspecified atom stereocenters. The van der Waals surface area contributed by atoms with Gasteiger partial charge in [0.15, 0.2) is 0 Å². The molecule has 4 heterocycles. The first-order valence-corrected chi connectivity index (χ1v) is 19.0. The van der Waals surface area contributed by atoms with Gasteiger partial charge in [0.1, 0.15) is 30.1 Å². The average Bonchev–Trinajstić information content (AvgIpc) is 3.79. The maximum Gasteiger partial charge on any atom is 0.262 e. The minimum Gasteiger partial charge on any atom is -0.386 e. The number of carbonyl (C=O) groups excluding carboxylic acids is 4. The molecule has 4 aliphatic rings. The molecular weight excluding hydrogens is 724 g/mol. The summed E-state index contributed by atoms with van der Waals surface area (Å²) >= 11 is 0. The highest BCUT2D eigenvalue weighted by molar-refractivity contribution is 6.23. The molecule has 7 rings (SSSR count). The van der Waals surface area contributed by atoms with E-state index < -0.39 is 35.4 Å². The highest BCUT2D eigenvalue weighted by Crippen LogP contribution is 2.39. The van der Waals surface area contributed by atoms with Gasteiger partial charge < -0.3 is 30.9 Å². The molecule has 4 N–H and O–H groups in total. The Morgan fingerprint density at radius 1 is 1.02 bits per heavy atom. The number of hydrogen-bond donors (Lipinski definition) is 3. The smallest absolute Gasteiger partial charge is 0.262 e. The van der Waals surface area contributed by atoms with E-state index >= 15 is 8.78 Å². The fraction of sp³-hybridized carbons (Fsp3) is 0.425. The minimum atomic E-state index is -1.20. The van der Waals surface area contributed by atoms with Crippen molar-refractivity contribution < 1.29 is 32.7 Å². The van der Waals surface area contributed by atoms with E-state index in [4.69, 9.17) is 15.6 Å². The highest BCUT2D eigenvalue weighted by Gasteiger charge is 2.42. The van der Waals surface area contributed by atoms with E-state index in [1.54, 1.807) is 25.2 Å². The molecule has 3 aromatic carbocycles. The molecule has 56 heavy (non-hydrogen) atoms. The van der Waals surface area contributed by atoms with Gasteiger partial charge in [-0.05, 0) is 61.2 Å². The molecule has 16 heteroatoms. The number of benzene rings is 3. The number of aldehydes is 1. The zero-order chi connectivity index (χ0) is 39.5. The lowest BCUT2D eigenvalue weighted by Crippen LogP contribution is -2.51. The summed E-state index contributed by atoms with van der Waals surface area (Å²) < 4.78 is 36.3. The lowest BCUT2D eigenvalue weighted by atomic mass is 9.99. The normalized spacial score (nSPS) is 19.7. The Hall–Kier alpha value is -5.45. The van der Waals surface area contributed by atoms with E-state index in [1.165, 1.54) is 12.1 Å². The fourth-order valence-electron chi connectivity index (χ4n) is 8.15. The summed E-state index contributed by atoms with van der Waals surface area (Å²) in [6.45, 7) is 3.90. The van der Waals surface area contributed by atoms with Crippen LogP contribution in [0.3, 0.4) is 0 Å². The number of hydrazine groups is 1. The maximum absolute atomic E-state index is 15.5. The summed E-state index contributed by atoms with van der Waals surface area (Å²) in [6, 6.07) is 12.4. The Kier molecular flexibility index (Phi) is 11.6. The molecule has 0 aromatic heterocycles. The van der Waals surface area contributed by atoms with Gasteiger partial charge in [-0.15, -0.1) is 0 Å². The monoisotopic (exact) mass is 771 g/mol. The van der Waals surface area contributed by atoms with Crippen molar-refractivity contribution in [2.45, 2.75) is 56.9 Å². The Balaban J connectivity index is 1.00. The van der Waals surface area contributed by atoms with Crippen molar-refractivity contribution in [2.24, 2.45) is 10.8 Å². The Bertz CT molecular complexity index is 1990. The van der Waals surface area contributed by atoms with Gasteiger partial charge in [-0.3, -0.25) is 29.2 Å². The van der Waals surface area contributed by atoms with Crippen LogP contribution in [0, 0.1) is 11.6 Å². The van der Waals surface area contributed by atoms with Crippen molar-refractivity contribution in [3.8, 4) is 11.1 Å². The van der Waals surface area contributed by atoms with Crippen LogP contribution in [0.15, 0.2) is 53.6 Å². The van der Waals surface area contributed by atoms with Gasteiger partial charge in [-0.25, -0.2) is 13.8 Å². The molecule has 0 saturated carbocycles. The number of hydrogen-bond acceptors (Lipinski definition) is 12. The van der Waals surface area contributed by atoms with Gasteiger partial charge in [-0.1, -0.05) is 12.1 Å². The third kappa shape index (κ3) is 7.68. The lowest BCUT2D eigenvalue weighted by molar-refractivity contribution is -0.122. The number of para-hydroxylation sites is 1. The van der Waals surface area contributed by atoms with Crippen LogP contribution in [0.2, 0.25) is 0 Å². The zero-order valence-electron chi connectivity index (χ0n) is 31.5. The number of piperidine rings is 1. The van der Waals surface area contributed by atoms with Crippen LogP contribution in [-0.4, -0.2) is 122 Å². The van der Waals surface area contributed by atoms with Crippen molar-refractivity contribution >= 4 is 47.3 Å². The quantitative estimate of drug-likeness (QED) is 0.162. The lowest BCUT2D eigenvalue weighted by Gasteiger charge is -2.42. The number of morpholine rings is 1. The van der Waals surface area contributed by atoms with E-state index in [2.05, 4.69) is 25.7 Å². The third-order valence-electron chi connectivity index (χ3n) is 11.1. The molecule has 4 aliphatic heterocycles. The first-order chi connectivity index (χ1) is 27.1. The summed E-state index contributed by atoms with van der Waals surface area (Å²) in [7, 11) is 3.81. The van der Waals surface area contributed by atoms with Crippen molar-refractivity contribution in [1.82, 2.24) is 19.8 Å². The van der Waals surface area contributed by atoms with Gasteiger partial charge in [-0.2, -0.15) is 5.10 Å². The number of amides is 3. The Morgan fingerprint density at radius 2 is 1.73 bits per heavy atom. The van der Waals surface area contributed by atoms with Crippen LogP contribution in [0.4, 0.5) is 25.8 Å². The summed E-state index contributed by atoms with van der Waals surface area (Å²) in [6.07, 6.45) is 4.67. The van der Waals surface area contributed by atoms with Crippen molar-refractivity contribution in [1.29, 1.82) is 0 Å². The number of imide groups is 1. The van der Waals surface area contributed by atoms with Crippen LogP contribution in [0.5, 0.6) is 0 Å². The topological polar surface area (TPSA) is 156 Å². The van der Waals surface area contributed by atoms with Gasteiger partial charge in [0.25, 0.3) is 11.8 Å². The zero-order valence-corrected chi connectivity index (χ0v) is 31.5. The summed E-state index contributed by atoms with van der Waals surface area (Å²) in [5, 5.41) is 12.3. The van der Waals surface area contributed by atoms with Gasteiger partial charge in [0, 0.05) is 82.7 Å². The Labute approximate surface area is 324 Å².